The van der Waals surface area contributed by atoms with Crippen LogP contribution in [-0.2, 0) is 11.3 Å². The van der Waals surface area contributed by atoms with Gasteiger partial charge in [-0.2, -0.15) is 0 Å². The summed E-state index contributed by atoms with van der Waals surface area (Å²) in [4.78, 5) is 18.3. The van der Waals surface area contributed by atoms with Gasteiger partial charge in [-0.25, -0.2) is 4.99 Å². The van der Waals surface area contributed by atoms with Gasteiger partial charge in [-0.1, -0.05) is 26.0 Å². The van der Waals surface area contributed by atoms with Crippen molar-refractivity contribution in [1.82, 2.24) is 15.5 Å². The van der Waals surface area contributed by atoms with Crippen LogP contribution in [0, 0.1) is 11.8 Å². The van der Waals surface area contributed by atoms with Crippen LogP contribution in [0.1, 0.15) is 45.1 Å². The number of guanidine groups is 1. The highest BCUT2D eigenvalue weighted by atomic mass is 127. The van der Waals surface area contributed by atoms with Gasteiger partial charge in [0, 0.05) is 20.1 Å². The number of rotatable bonds is 7. The van der Waals surface area contributed by atoms with Gasteiger partial charge >= 0.3 is 0 Å². The third-order valence-electron chi connectivity index (χ3n) is 5.54. The second-order valence-corrected chi connectivity index (χ2v) is 8.15. The number of ether oxygens (including phenoxy) is 1. The first-order valence-corrected chi connectivity index (χ1v) is 10.3. The van der Waals surface area contributed by atoms with Gasteiger partial charge in [-0.3, -0.25) is 4.79 Å². The predicted molar refractivity (Wildman–Crippen MR) is 130 cm³/mol. The number of nitrogens with zero attached hydrogens (tertiary/aromatic N) is 2. The molecule has 1 aliphatic carbocycles. The number of amides is 1. The van der Waals surface area contributed by atoms with Crippen LogP contribution < -0.4 is 15.4 Å². The van der Waals surface area contributed by atoms with Gasteiger partial charge in [0.15, 0.2) is 5.96 Å². The molecule has 0 unspecified atom stereocenters. The fourth-order valence-corrected chi connectivity index (χ4v) is 3.49. The normalized spacial score (nSPS) is 19.3. The van der Waals surface area contributed by atoms with Gasteiger partial charge in [0.2, 0.25) is 5.91 Å². The Morgan fingerprint density at radius 2 is 1.79 bits per heavy atom. The summed E-state index contributed by atoms with van der Waals surface area (Å²) in [7, 11) is 5.19. The lowest BCUT2D eigenvalue weighted by Crippen LogP contribution is -2.47. The summed E-state index contributed by atoms with van der Waals surface area (Å²) in [5.41, 5.74) is 1.10. The molecule has 0 saturated heterocycles. The van der Waals surface area contributed by atoms with Crippen LogP contribution in [0.3, 0.4) is 0 Å². The predicted octanol–water partition coefficient (Wildman–Crippen LogP) is 3.65. The minimum Gasteiger partial charge on any atom is -0.497 e. The van der Waals surface area contributed by atoms with Crippen molar-refractivity contribution >= 4 is 35.8 Å². The minimum absolute atomic E-state index is 0. The highest BCUT2D eigenvalue weighted by Crippen LogP contribution is 2.29. The first-order chi connectivity index (χ1) is 13.4. The lowest BCUT2D eigenvalue weighted by atomic mass is 9.80. The fraction of sp³-hybridized carbons (Fsp3) is 0.636. The second-order valence-electron chi connectivity index (χ2n) is 8.15. The maximum atomic E-state index is 12.0. The summed E-state index contributed by atoms with van der Waals surface area (Å²) in [6.07, 6.45) is 4.79. The molecule has 1 aromatic carbocycles. The van der Waals surface area contributed by atoms with Crippen LogP contribution in [0.2, 0.25) is 0 Å². The first kappa shape index (κ1) is 25.5. The Hall–Kier alpha value is -1.51. The van der Waals surface area contributed by atoms with Crippen molar-refractivity contribution in [1.29, 1.82) is 0 Å². The molecule has 2 N–H and O–H groups in total. The van der Waals surface area contributed by atoms with Gasteiger partial charge in [-0.05, 0) is 55.2 Å². The van der Waals surface area contributed by atoms with Crippen LogP contribution in [0.15, 0.2) is 29.3 Å². The smallest absolute Gasteiger partial charge is 0.241 e. The zero-order valence-corrected chi connectivity index (χ0v) is 20.7. The van der Waals surface area contributed by atoms with E-state index >= 15 is 0 Å². The number of aliphatic imine (C=N–C) groups is 1. The molecule has 7 heteroatoms. The summed E-state index contributed by atoms with van der Waals surface area (Å²) in [6, 6.07) is 8.31. The summed E-state index contributed by atoms with van der Waals surface area (Å²) in [5.74, 6) is 3.14. The van der Waals surface area contributed by atoms with Crippen LogP contribution in [0.4, 0.5) is 0 Å². The molecule has 0 aliphatic heterocycles. The molecule has 0 bridgehead atoms. The second kappa shape index (κ2) is 12.9. The van der Waals surface area contributed by atoms with Gasteiger partial charge in [-0.15, -0.1) is 24.0 Å². The number of benzene rings is 1. The van der Waals surface area contributed by atoms with Crippen LogP contribution in [0.25, 0.3) is 0 Å². The summed E-state index contributed by atoms with van der Waals surface area (Å²) in [6.45, 7) is 5.42. The number of carbonyl (C=O) groups excluding carboxylic acids is 1. The van der Waals surface area contributed by atoms with Gasteiger partial charge in [0.25, 0.3) is 0 Å². The zero-order valence-electron chi connectivity index (χ0n) is 18.4. The van der Waals surface area contributed by atoms with E-state index in [-0.39, 0.29) is 36.4 Å². The van der Waals surface area contributed by atoms with Gasteiger partial charge in [0.05, 0.1) is 20.2 Å². The maximum Gasteiger partial charge on any atom is 0.241 e. The molecule has 6 nitrogen and oxygen atoms in total. The Labute approximate surface area is 192 Å². The molecule has 1 fully saturated rings. The molecule has 0 atom stereocenters. The standard InChI is InChI=1S/C22H36N4O2.HI/c1-16(2)18-8-10-19(11-9-18)25-22(24-15-21(27)26(3)4)23-14-17-6-12-20(28-5)13-7-17;/h6-7,12-13,16,18-19H,8-11,14-15H2,1-5H3,(H2,23,24,25);1H. The Bertz CT molecular complexity index is 639. The average molecular weight is 516 g/mol. The third-order valence-corrected chi connectivity index (χ3v) is 5.54. The molecule has 164 valence electrons. The molecule has 1 amide bonds. The number of methoxy groups -OCH3 is 1. The van der Waals surface area contributed by atoms with Crippen molar-refractivity contribution in [2.24, 2.45) is 16.8 Å². The number of likely N-dealkylation sites (N-methyl/N-ethyl adjacent to an activating group) is 1. The highest BCUT2D eigenvalue weighted by molar-refractivity contribution is 14.0. The fourth-order valence-electron chi connectivity index (χ4n) is 3.49. The minimum atomic E-state index is 0. The number of hydrogen-bond donors (Lipinski definition) is 2. The molecule has 1 saturated carbocycles. The van der Waals surface area contributed by atoms with Crippen LogP contribution in [0.5, 0.6) is 5.75 Å². The third kappa shape index (κ3) is 8.80. The zero-order chi connectivity index (χ0) is 20.5. The van der Waals surface area contributed by atoms with E-state index in [4.69, 9.17) is 9.73 Å². The molecule has 0 aromatic heterocycles. The average Bonchev–Trinajstić information content (AvgIpc) is 2.70. The lowest BCUT2D eigenvalue weighted by molar-refractivity contribution is -0.127. The molecular weight excluding hydrogens is 479 g/mol. The number of nitrogens with one attached hydrogen (secondary N) is 2. The van der Waals surface area contributed by atoms with E-state index in [0.717, 1.165) is 36.0 Å². The molecule has 0 spiro atoms. The van der Waals surface area contributed by atoms with E-state index in [2.05, 4.69) is 24.5 Å². The molecular formula is C22H37IN4O2. The summed E-state index contributed by atoms with van der Waals surface area (Å²) in [5, 5.41) is 6.74. The summed E-state index contributed by atoms with van der Waals surface area (Å²) >= 11 is 0. The van der Waals surface area contributed by atoms with Gasteiger partial charge in [0.1, 0.15) is 5.75 Å². The quantitative estimate of drug-likeness (QED) is 0.330. The Morgan fingerprint density at radius 3 is 2.31 bits per heavy atom. The molecule has 29 heavy (non-hydrogen) atoms. The van der Waals surface area contributed by atoms with Crippen molar-refractivity contribution in [3.63, 3.8) is 0 Å². The van der Waals surface area contributed by atoms with Gasteiger partial charge < -0.3 is 20.3 Å². The van der Waals surface area contributed by atoms with E-state index in [1.54, 1.807) is 26.1 Å². The molecule has 1 aliphatic rings. The van der Waals surface area contributed by atoms with Crippen LogP contribution in [-0.4, -0.2) is 50.6 Å². The first-order valence-electron chi connectivity index (χ1n) is 10.3. The molecule has 2 rings (SSSR count). The lowest BCUT2D eigenvalue weighted by Gasteiger charge is -2.32. The molecule has 1 aromatic rings. The van der Waals surface area contributed by atoms with E-state index in [1.165, 1.54) is 12.8 Å². The number of carbonyl (C=O) groups is 1. The number of halogens is 1. The van der Waals surface area contributed by atoms with Crippen molar-refractivity contribution in [3.05, 3.63) is 29.8 Å². The topological polar surface area (TPSA) is 66.0 Å². The highest BCUT2D eigenvalue weighted by Gasteiger charge is 2.23. The van der Waals surface area contributed by atoms with Crippen molar-refractivity contribution in [2.75, 3.05) is 27.7 Å². The van der Waals surface area contributed by atoms with E-state index in [0.29, 0.717) is 18.5 Å². The van der Waals surface area contributed by atoms with Crippen molar-refractivity contribution in [2.45, 2.75) is 52.1 Å². The Morgan fingerprint density at radius 1 is 1.17 bits per heavy atom. The molecule has 0 heterocycles. The van der Waals surface area contributed by atoms with Crippen molar-refractivity contribution < 1.29 is 9.53 Å². The van der Waals surface area contributed by atoms with E-state index in [9.17, 15) is 4.79 Å². The Balaban J connectivity index is 0.00000420. The summed E-state index contributed by atoms with van der Waals surface area (Å²) < 4.78 is 5.21. The Kier molecular flexibility index (Phi) is 11.4. The molecule has 0 radical (unpaired) electrons. The van der Waals surface area contributed by atoms with Crippen LogP contribution >= 0.6 is 24.0 Å². The monoisotopic (exact) mass is 516 g/mol. The SMILES string of the molecule is COc1ccc(CN=C(NCC(=O)N(C)C)NC2CCC(C(C)C)CC2)cc1.I. The number of hydrogen-bond acceptors (Lipinski definition) is 3. The van der Waals surface area contributed by atoms with E-state index in [1.807, 2.05) is 24.3 Å². The van der Waals surface area contributed by atoms with E-state index < -0.39 is 0 Å². The largest absolute Gasteiger partial charge is 0.497 e. The maximum absolute atomic E-state index is 12.0. The van der Waals surface area contributed by atoms with Crippen molar-refractivity contribution in [3.8, 4) is 5.75 Å².